The number of amides is 1. The molecule has 3 aromatic rings. The van der Waals surface area contributed by atoms with Crippen LogP contribution in [-0.4, -0.2) is 41.3 Å². The smallest absolute Gasteiger partial charge is 0.289 e. The summed E-state index contributed by atoms with van der Waals surface area (Å²) in [4.78, 5) is 15.2. The van der Waals surface area contributed by atoms with Crippen LogP contribution < -0.4 is 5.32 Å². The maximum atomic E-state index is 12.4. The number of benzene rings is 1. The van der Waals surface area contributed by atoms with Crippen LogP contribution in [-0.2, 0) is 6.18 Å². The van der Waals surface area contributed by atoms with Crippen molar-refractivity contribution < 1.29 is 18.0 Å². The molecule has 0 aliphatic carbocycles. The van der Waals surface area contributed by atoms with Crippen LogP contribution in [0.15, 0.2) is 30.6 Å². The number of anilines is 1. The molecule has 1 amide bonds. The number of aromatic nitrogens is 7. The summed E-state index contributed by atoms with van der Waals surface area (Å²) in [5.74, 6) is -2.45. The molecule has 0 unspecified atom stereocenters. The minimum atomic E-state index is -4.67. The molecule has 0 radical (unpaired) electrons. The van der Waals surface area contributed by atoms with Gasteiger partial charge in [0.2, 0.25) is 11.8 Å². The van der Waals surface area contributed by atoms with Crippen LogP contribution in [0.5, 0.6) is 0 Å². The van der Waals surface area contributed by atoms with Crippen molar-refractivity contribution in [2.24, 2.45) is 0 Å². The lowest BCUT2D eigenvalue weighted by Crippen LogP contribution is -2.14. The maximum absolute atomic E-state index is 12.4. The topological polar surface area (TPSA) is 114 Å². The second-order valence-corrected chi connectivity index (χ2v) is 4.26. The Morgan fingerprint density at radius 3 is 2.78 bits per heavy atom. The van der Waals surface area contributed by atoms with Crippen LogP contribution in [0.3, 0.4) is 0 Å². The first-order valence-electron chi connectivity index (χ1n) is 6.08. The lowest BCUT2D eigenvalue weighted by atomic mass is 10.2. The van der Waals surface area contributed by atoms with Gasteiger partial charge >= 0.3 is 6.18 Å². The van der Waals surface area contributed by atoms with Gasteiger partial charge in [-0.15, -0.1) is 10.2 Å². The first-order chi connectivity index (χ1) is 10.9. The fourth-order valence-corrected chi connectivity index (χ4v) is 1.69. The number of carbonyl (C=O) groups is 1. The quantitative estimate of drug-likeness (QED) is 0.744. The zero-order valence-electron chi connectivity index (χ0n) is 11.1. The van der Waals surface area contributed by atoms with Crippen molar-refractivity contribution in [2.75, 3.05) is 5.32 Å². The van der Waals surface area contributed by atoms with Gasteiger partial charge in [-0.25, -0.2) is 4.68 Å². The summed E-state index contributed by atoms with van der Waals surface area (Å²) in [6, 6.07) is 6.16. The third-order valence-electron chi connectivity index (χ3n) is 2.70. The number of alkyl halides is 3. The molecule has 0 bridgehead atoms. The van der Waals surface area contributed by atoms with Crippen LogP contribution in [0.2, 0.25) is 0 Å². The van der Waals surface area contributed by atoms with Crippen molar-refractivity contribution in [1.29, 1.82) is 0 Å². The molecule has 12 heteroatoms. The van der Waals surface area contributed by atoms with Gasteiger partial charge in [-0.3, -0.25) is 15.2 Å². The summed E-state index contributed by atoms with van der Waals surface area (Å²) >= 11 is 0. The second-order valence-electron chi connectivity index (χ2n) is 4.26. The molecular formula is C11H7F3N8O. The summed E-state index contributed by atoms with van der Waals surface area (Å²) in [5, 5.41) is 17.8. The van der Waals surface area contributed by atoms with Crippen molar-refractivity contribution in [2.45, 2.75) is 6.18 Å². The molecule has 3 rings (SSSR count). The molecule has 2 heterocycles. The van der Waals surface area contributed by atoms with E-state index in [2.05, 4.69) is 30.9 Å². The van der Waals surface area contributed by atoms with Gasteiger partial charge < -0.3 is 0 Å². The summed E-state index contributed by atoms with van der Waals surface area (Å²) in [6.07, 6.45) is -3.34. The van der Waals surface area contributed by atoms with Crippen LogP contribution >= 0.6 is 0 Å². The third kappa shape index (κ3) is 3.14. The summed E-state index contributed by atoms with van der Waals surface area (Å²) < 4.78 is 38.5. The molecule has 0 saturated heterocycles. The fourth-order valence-electron chi connectivity index (χ4n) is 1.69. The molecule has 0 spiro atoms. The van der Waals surface area contributed by atoms with E-state index < -0.39 is 23.9 Å². The number of nitrogens with one attached hydrogen (secondary N) is 2. The molecule has 0 aliphatic rings. The summed E-state index contributed by atoms with van der Waals surface area (Å²) in [6.45, 7) is 0. The molecule has 0 fully saturated rings. The molecule has 2 aromatic heterocycles. The lowest BCUT2D eigenvalue weighted by Gasteiger charge is -2.04. The lowest BCUT2D eigenvalue weighted by molar-refractivity contribution is -0.144. The van der Waals surface area contributed by atoms with E-state index in [0.29, 0.717) is 5.69 Å². The standard InChI is InChI=1S/C11H7F3N8O/c12-11(13,14)9-17-10(19-18-9)16-8(23)6-2-1-3-7(4-6)22-5-15-20-21-22/h1-5H,(H2,16,17,18,19,23). The Morgan fingerprint density at radius 1 is 1.30 bits per heavy atom. The number of H-pyrrole nitrogens is 1. The van der Waals surface area contributed by atoms with E-state index in [-0.39, 0.29) is 5.56 Å². The van der Waals surface area contributed by atoms with Crippen molar-refractivity contribution in [3.05, 3.63) is 42.0 Å². The van der Waals surface area contributed by atoms with E-state index in [1.807, 2.05) is 0 Å². The van der Waals surface area contributed by atoms with Crippen LogP contribution in [0.25, 0.3) is 5.69 Å². The van der Waals surface area contributed by atoms with Gasteiger partial charge in [0.15, 0.2) is 0 Å². The third-order valence-corrected chi connectivity index (χ3v) is 2.70. The number of rotatable bonds is 3. The highest BCUT2D eigenvalue weighted by Gasteiger charge is 2.35. The molecule has 23 heavy (non-hydrogen) atoms. The van der Waals surface area contributed by atoms with Gasteiger partial charge in [-0.1, -0.05) is 6.07 Å². The fraction of sp³-hybridized carbons (Fsp3) is 0.0909. The number of halogens is 3. The van der Waals surface area contributed by atoms with E-state index in [4.69, 9.17) is 0 Å². The molecule has 0 aliphatic heterocycles. The van der Waals surface area contributed by atoms with Crippen molar-refractivity contribution in [1.82, 2.24) is 35.4 Å². The Morgan fingerprint density at radius 2 is 2.13 bits per heavy atom. The normalized spacial score (nSPS) is 11.4. The highest BCUT2D eigenvalue weighted by Crippen LogP contribution is 2.26. The minimum absolute atomic E-state index is 0.177. The minimum Gasteiger partial charge on any atom is -0.289 e. The largest absolute Gasteiger partial charge is 0.451 e. The Bertz CT molecular complexity index is 826. The number of nitrogens with zero attached hydrogens (tertiary/aromatic N) is 6. The van der Waals surface area contributed by atoms with Gasteiger partial charge in [-0.05, 0) is 28.6 Å². The number of tetrazole rings is 1. The molecule has 9 nitrogen and oxygen atoms in total. The predicted molar refractivity (Wildman–Crippen MR) is 68.5 cm³/mol. The van der Waals surface area contributed by atoms with E-state index >= 15 is 0 Å². The van der Waals surface area contributed by atoms with Crippen molar-refractivity contribution in [3.8, 4) is 5.69 Å². The van der Waals surface area contributed by atoms with E-state index in [1.54, 1.807) is 17.2 Å². The second kappa shape index (κ2) is 5.47. The van der Waals surface area contributed by atoms with Crippen LogP contribution in [0.4, 0.5) is 19.1 Å². The Kier molecular flexibility index (Phi) is 3.48. The van der Waals surface area contributed by atoms with E-state index in [9.17, 15) is 18.0 Å². The summed E-state index contributed by atoms with van der Waals surface area (Å²) in [7, 11) is 0. The monoisotopic (exact) mass is 324 g/mol. The number of carbonyl (C=O) groups excluding carboxylic acids is 1. The van der Waals surface area contributed by atoms with Gasteiger partial charge in [-0.2, -0.15) is 18.2 Å². The molecule has 118 valence electrons. The number of aromatic amines is 1. The first-order valence-corrected chi connectivity index (χ1v) is 6.08. The predicted octanol–water partition coefficient (Wildman–Crippen LogP) is 1.05. The van der Waals surface area contributed by atoms with Crippen molar-refractivity contribution >= 4 is 11.9 Å². The summed E-state index contributed by atoms with van der Waals surface area (Å²) in [5.41, 5.74) is 0.685. The van der Waals surface area contributed by atoms with E-state index in [0.717, 1.165) is 0 Å². The van der Waals surface area contributed by atoms with Gasteiger partial charge in [0, 0.05) is 5.56 Å². The zero-order valence-corrected chi connectivity index (χ0v) is 11.1. The average molecular weight is 324 g/mol. The molecule has 0 saturated carbocycles. The Balaban J connectivity index is 1.79. The SMILES string of the molecule is O=C(Nc1n[nH]c(C(F)(F)F)n1)c1cccc(-n2cnnn2)c1. The molecular weight excluding hydrogens is 317 g/mol. The average Bonchev–Trinajstić information content (AvgIpc) is 3.18. The van der Waals surface area contributed by atoms with Gasteiger partial charge in [0.25, 0.3) is 5.91 Å². The van der Waals surface area contributed by atoms with Crippen LogP contribution in [0.1, 0.15) is 16.2 Å². The Hall–Kier alpha value is -3.31. The van der Waals surface area contributed by atoms with Gasteiger partial charge in [0.1, 0.15) is 6.33 Å². The molecule has 2 N–H and O–H groups in total. The first kappa shape index (κ1) is 14.6. The number of hydrogen-bond donors (Lipinski definition) is 2. The molecule has 1 aromatic carbocycles. The highest BCUT2D eigenvalue weighted by molar-refractivity contribution is 6.03. The van der Waals surface area contributed by atoms with Crippen LogP contribution in [0, 0.1) is 0 Å². The maximum Gasteiger partial charge on any atom is 0.451 e. The molecule has 0 atom stereocenters. The van der Waals surface area contributed by atoms with Crippen molar-refractivity contribution in [3.63, 3.8) is 0 Å². The van der Waals surface area contributed by atoms with E-state index in [1.165, 1.54) is 23.1 Å². The number of hydrogen-bond acceptors (Lipinski definition) is 6. The Labute approximate surface area is 125 Å². The highest BCUT2D eigenvalue weighted by atomic mass is 19.4. The van der Waals surface area contributed by atoms with Gasteiger partial charge in [0.05, 0.1) is 5.69 Å². The zero-order chi connectivity index (χ0) is 16.4.